The number of guanidine groups is 1. The summed E-state index contributed by atoms with van der Waals surface area (Å²) in [6.45, 7) is 2.95. The van der Waals surface area contributed by atoms with Crippen LogP contribution < -0.4 is 33.6 Å². The molecule has 1 rings (SSSR count). The average molecular weight is 419 g/mol. The third kappa shape index (κ3) is 11.1. The van der Waals surface area contributed by atoms with Crippen molar-refractivity contribution in [1.29, 1.82) is 5.41 Å². The van der Waals surface area contributed by atoms with E-state index in [-0.39, 0.29) is 35.0 Å². The fourth-order valence-electron chi connectivity index (χ4n) is 1.55. The maximum Gasteiger partial charge on any atom is 0.280 e. The van der Waals surface area contributed by atoms with Crippen LogP contribution in [0.4, 0.5) is 11.6 Å². The molecule has 0 bridgehead atoms. The van der Waals surface area contributed by atoms with E-state index in [1.165, 1.54) is 0 Å². The summed E-state index contributed by atoms with van der Waals surface area (Å²) in [6.07, 6.45) is 0.750. The van der Waals surface area contributed by atoms with Gasteiger partial charge in [-0.2, -0.15) is 0 Å². The zero-order chi connectivity index (χ0) is 21.4. The maximum absolute atomic E-state index is 12.0. The highest BCUT2D eigenvalue weighted by molar-refractivity contribution is 6.31. The Labute approximate surface area is 167 Å². The highest BCUT2D eigenvalue weighted by Crippen LogP contribution is 2.16. The highest BCUT2D eigenvalue weighted by atomic mass is 35.5. The van der Waals surface area contributed by atoms with E-state index in [9.17, 15) is 4.79 Å². The molecule has 0 aromatic carbocycles. The van der Waals surface area contributed by atoms with Gasteiger partial charge in [-0.25, -0.2) is 9.97 Å². The van der Waals surface area contributed by atoms with Crippen LogP contribution in [0.3, 0.4) is 0 Å². The third-order valence-electron chi connectivity index (χ3n) is 2.75. The minimum Gasteiger partial charge on any atom is -0.390 e. The maximum atomic E-state index is 12.0. The first-order valence-electron chi connectivity index (χ1n) is 8.07. The number of carbonyl (C=O) groups excluding carboxylic acids is 1. The molecule has 0 saturated heterocycles. The number of halogens is 1. The second-order valence-electron chi connectivity index (χ2n) is 4.85. The van der Waals surface area contributed by atoms with Crippen molar-refractivity contribution in [2.45, 2.75) is 0 Å². The standard InChI is InChI=1S/C13H23ClN8O3.CH4N2/c1-18-2-4-24-6-7-25-5-3-19-13(17)22-12(23)8-10(15)21-11(16)9(14)20-8;2-1-3/h18H,2-7H2,1H3,(H4,15,16,21)(H3,17,19,22,23);1H,(H3,2,3). The Morgan fingerprint density at radius 3 is 2.43 bits per heavy atom. The van der Waals surface area contributed by atoms with Crippen LogP contribution in [-0.4, -0.2) is 74.7 Å². The number of hydrogen-bond donors (Lipinski definition) is 7. The van der Waals surface area contributed by atoms with Crippen LogP contribution in [0.25, 0.3) is 0 Å². The molecule has 0 saturated carbocycles. The number of carbonyl (C=O) groups is 1. The predicted molar refractivity (Wildman–Crippen MR) is 108 cm³/mol. The van der Waals surface area contributed by atoms with Crippen LogP contribution in [0.5, 0.6) is 0 Å². The van der Waals surface area contributed by atoms with E-state index in [1.807, 2.05) is 7.05 Å². The van der Waals surface area contributed by atoms with Crippen LogP contribution in [0.2, 0.25) is 5.15 Å². The van der Waals surface area contributed by atoms with Gasteiger partial charge in [-0.15, -0.1) is 0 Å². The number of nitrogen functional groups attached to an aromatic ring is 2. The number of anilines is 2. The van der Waals surface area contributed by atoms with Gasteiger partial charge >= 0.3 is 0 Å². The minimum absolute atomic E-state index is 0.0653. The molecule has 1 aromatic rings. The molecule has 14 heteroatoms. The number of ether oxygens (including phenoxy) is 2. The Hall–Kier alpha value is -2.74. The molecule has 11 N–H and O–H groups in total. The number of likely N-dealkylation sites (N-methyl/N-ethyl adjacent to an activating group) is 1. The largest absolute Gasteiger partial charge is 0.390 e. The summed E-state index contributed by atoms with van der Waals surface area (Å²) in [5.41, 5.74) is 20.8. The van der Waals surface area contributed by atoms with Crippen LogP contribution in [-0.2, 0) is 9.47 Å². The smallest absolute Gasteiger partial charge is 0.280 e. The van der Waals surface area contributed by atoms with Crippen molar-refractivity contribution in [3.05, 3.63) is 10.8 Å². The van der Waals surface area contributed by atoms with E-state index >= 15 is 0 Å². The Bertz CT molecular complexity index is 644. The van der Waals surface area contributed by atoms with Crippen LogP contribution in [0, 0.1) is 5.41 Å². The third-order valence-corrected chi connectivity index (χ3v) is 3.03. The molecule has 0 radical (unpaired) electrons. The summed E-state index contributed by atoms with van der Waals surface area (Å²) >= 11 is 5.71. The zero-order valence-electron chi connectivity index (χ0n) is 15.6. The van der Waals surface area contributed by atoms with E-state index in [2.05, 4.69) is 31.3 Å². The molecule has 0 aliphatic carbocycles. The molecule has 13 nitrogen and oxygen atoms in total. The van der Waals surface area contributed by atoms with E-state index in [4.69, 9.17) is 43.7 Å². The summed E-state index contributed by atoms with van der Waals surface area (Å²) in [5.74, 6) is -1.02. The Morgan fingerprint density at radius 1 is 1.21 bits per heavy atom. The van der Waals surface area contributed by atoms with Gasteiger partial charge in [-0.05, 0) is 7.05 Å². The Balaban J connectivity index is 0.00000227. The first-order valence-corrected chi connectivity index (χ1v) is 8.45. The fourth-order valence-corrected chi connectivity index (χ4v) is 1.68. The SMILES string of the molecule is CNCCOCCOCCN=C(N)NC(=O)c1nc(Cl)c(N)nc1N.N=CN. The first kappa shape index (κ1) is 25.3. The van der Waals surface area contributed by atoms with Gasteiger partial charge in [0.25, 0.3) is 5.91 Å². The number of nitrogens with two attached hydrogens (primary N) is 4. The van der Waals surface area contributed by atoms with Crippen molar-refractivity contribution in [3.63, 3.8) is 0 Å². The number of aromatic nitrogens is 2. The van der Waals surface area contributed by atoms with Crippen LogP contribution in [0.1, 0.15) is 10.5 Å². The van der Waals surface area contributed by atoms with Gasteiger partial charge < -0.3 is 37.7 Å². The van der Waals surface area contributed by atoms with Crippen molar-refractivity contribution in [2.75, 3.05) is 58.0 Å². The topological polar surface area (TPSA) is 226 Å². The number of amides is 1. The molecule has 0 aliphatic rings. The Morgan fingerprint density at radius 2 is 1.82 bits per heavy atom. The molecular formula is C14H27ClN10O3. The summed E-state index contributed by atoms with van der Waals surface area (Å²) in [7, 11) is 1.85. The summed E-state index contributed by atoms with van der Waals surface area (Å²) in [4.78, 5) is 23.4. The van der Waals surface area contributed by atoms with Gasteiger partial charge in [0, 0.05) is 6.54 Å². The van der Waals surface area contributed by atoms with Crippen LogP contribution >= 0.6 is 11.6 Å². The molecular weight excluding hydrogens is 392 g/mol. The number of nitrogens with one attached hydrogen (secondary N) is 3. The van der Waals surface area contributed by atoms with Gasteiger partial charge in [-0.3, -0.25) is 20.5 Å². The van der Waals surface area contributed by atoms with Crippen molar-refractivity contribution in [3.8, 4) is 0 Å². The minimum atomic E-state index is -0.688. The number of rotatable bonds is 10. The normalized spacial score (nSPS) is 10.7. The monoisotopic (exact) mass is 418 g/mol. The number of aliphatic imine (C=N–C) groups is 1. The molecule has 1 heterocycles. The quantitative estimate of drug-likeness (QED) is 0.127. The lowest BCUT2D eigenvalue weighted by Gasteiger charge is -2.07. The summed E-state index contributed by atoms with van der Waals surface area (Å²) in [5, 5.41) is 11.0. The van der Waals surface area contributed by atoms with E-state index < -0.39 is 5.91 Å². The van der Waals surface area contributed by atoms with Gasteiger partial charge in [-0.1, -0.05) is 11.6 Å². The molecule has 0 atom stereocenters. The lowest BCUT2D eigenvalue weighted by Crippen LogP contribution is -2.38. The molecule has 1 aromatic heterocycles. The first-order chi connectivity index (χ1) is 13.4. The second kappa shape index (κ2) is 15.3. The number of nitrogens with zero attached hydrogens (tertiary/aromatic N) is 3. The summed E-state index contributed by atoms with van der Waals surface area (Å²) < 4.78 is 10.6. The molecule has 158 valence electrons. The lowest BCUT2D eigenvalue weighted by atomic mass is 10.4. The summed E-state index contributed by atoms with van der Waals surface area (Å²) in [6, 6.07) is 0. The molecule has 0 aliphatic heterocycles. The van der Waals surface area contributed by atoms with Crippen molar-refractivity contribution >= 4 is 41.4 Å². The van der Waals surface area contributed by atoms with Crippen molar-refractivity contribution in [1.82, 2.24) is 20.6 Å². The fraction of sp³-hybridized carbons (Fsp3) is 0.500. The molecule has 0 spiro atoms. The highest BCUT2D eigenvalue weighted by Gasteiger charge is 2.16. The van der Waals surface area contributed by atoms with Crippen molar-refractivity contribution in [2.24, 2.45) is 16.5 Å². The molecule has 0 unspecified atom stereocenters. The predicted octanol–water partition coefficient (Wildman–Crippen LogP) is -1.86. The Kier molecular flexibility index (Phi) is 13.8. The van der Waals surface area contributed by atoms with Crippen molar-refractivity contribution < 1.29 is 14.3 Å². The molecule has 0 fully saturated rings. The molecule has 1 amide bonds. The van der Waals surface area contributed by atoms with Gasteiger partial charge in [0.2, 0.25) is 0 Å². The average Bonchev–Trinajstić information content (AvgIpc) is 2.64. The van der Waals surface area contributed by atoms with Crippen LogP contribution in [0.15, 0.2) is 4.99 Å². The number of hydrogen-bond acceptors (Lipinski definition) is 10. The second-order valence-corrected chi connectivity index (χ2v) is 5.21. The zero-order valence-corrected chi connectivity index (χ0v) is 16.3. The lowest BCUT2D eigenvalue weighted by molar-refractivity contribution is 0.0524. The van der Waals surface area contributed by atoms with Gasteiger partial charge in [0.15, 0.2) is 28.4 Å². The van der Waals surface area contributed by atoms with E-state index in [0.717, 1.165) is 12.9 Å². The van der Waals surface area contributed by atoms with Gasteiger partial charge in [0.1, 0.15) is 0 Å². The molecule has 28 heavy (non-hydrogen) atoms. The van der Waals surface area contributed by atoms with E-state index in [0.29, 0.717) is 26.4 Å². The van der Waals surface area contributed by atoms with Gasteiger partial charge in [0.05, 0.1) is 39.3 Å². The van der Waals surface area contributed by atoms with E-state index in [1.54, 1.807) is 0 Å².